The number of carboxylic acid groups (broad SMARTS) is 1. The van der Waals surface area contributed by atoms with Gasteiger partial charge in [0, 0.05) is 6.16 Å². The Bertz CT molecular complexity index is 430. The van der Waals surface area contributed by atoms with Crippen molar-refractivity contribution in [2.75, 3.05) is 18.9 Å². The van der Waals surface area contributed by atoms with Gasteiger partial charge in [0.05, 0.1) is 6.61 Å². The van der Waals surface area contributed by atoms with Gasteiger partial charge in [-0.15, -0.1) is 0 Å². The zero-order chi connectivity index (χ0) is 14.1. The Morgan fingerprint density at radius 3 is 2.53 bits per heavy atom. The third kappa shape index (κ3) is 6.55. The summed E-state index contributed by atoms with van der Waals surface area (Å²) >= 11 is 0. The molecule has 0 saturated carbocycles. The number of unbranched alkanes of at least 4 members (excludes halogenated alkanes) is 1. The van der Waals surface area contributed by atoms with Crippen LogP contribution in [0.2, 0.25) is 0 Å². The van der Waals surface area contributed by atoms with Crippen molar-refractivity contribution in [3.05, 3.63) is 35.9 Å². The smallest absolute Gasteiger partial charge is 0.313 e. The van der Waals surface area contributed by atoms with Crippen molar-refractivity contribution in [1.82, 2.24) is 0 Å². The summed E-state index contributed by atoms with van der Waals surface area (Å²) in [6.07, 6.45) is 2.51. The summed E-state index contributed by atoms with van der Waals surface area (Å²) in [5, 5.41) is 8.76. The van der Waals surface area contributed by atoms with E-state index in [1.807, 2.05) is 18.2 Å². The molecule has 1 unspecified atom stereocenters. The highest BCUT2D eigenvalue weighted by Gasteiger charge is 2.25. The van der Waals surface area contributed by atoms with Crippen molar-refractivity contribution < 1.29 is 19.0 Å². The zero-order valence-corrected chi connectivity index (χ0v) is 12.1. The van der Waals surface area contributed by atoms with Crippen molar-refractivity contribution in [1.29, 1.82) is 0 Å². The minimum Gasteiger partial charge on any atom is -0.481 e. The monoisotopic (exact) mass is 284 g/mol. The summed E-state index contributed by atoms with van der Waals surface area (Å²) in [6, 6.07) is 10.1. The molecule has 1 atom stereocenters. The summed E-state index contributed by atoms with van der Waals surface area (Å²) in [5.74, 6) is -1.06. The van der Waals surface area contributed by atoms with Gasteiger partial charge in [0.1, 0.15) is 6.16 Å². The Morgan fingerprint density at radius 1 is 1.26 bits per heavy atom. The number of benzene rings is 1. The molecule has 1 rings (SSSR count). The van der Waals surface area contributed by atoms with E-state index in [0.717, 1.165) is 19.3 Å². The number of hydrogen-bond donors (Lipinski definition) is 1. The number of carbonyl (C=O) groups is 1. The van der Waals surface area contributed by atoms with Crippen molar-refractivity contribution in [3.63, 3.8) is 0 Å². The predicted octanol–water partition coefficient (Wildman–Crippen LogP) is 3.41. The van der Waals surface area contributed by atoms with E-state index >= 15 is 0 Å². The van der Waals surface area contributed by atoms with Gasteiger partial charge in [0.25, 0.3) is 0 Å². The Labute approximate surface area is 114 Å². The summed E-state index contributed by atoms with van der Waals surface area (Å²) in [5.41, 5.74) is 1.24. The second-order valence-electron chi connectivity index (χ2n) is 4.45. The van der Waals surface area contributed by atoms with Gasteiger partial charge < -0.3 is 9.63 Å². The number of aliphatic carboxylic acids is 1. The summed E-state index contributed by atoms with van der Waals surface area (Å²) < 4.78 is 17.4. The molecule has 0 bridgehead atoms. The Balaban J connectivity index is 2.36. The van der Waals surface area contributed by atoms with Crippen LogP contribution in [0.3, 0.4) is 0 Å². The molecular weight excluding hydrogens is 263 g/mol. The highest BCUT2D eigenvalue weighted by Crippen LogP contribution is 2.47. The van der Waals surface area contributed by atoms with Crippen LogP contribution >= 0.6 is 7.37 Å². The van der Waals surface area contributed by atoms with E-state index in [4.69, 9.17) is 9.63 Å². The second-order valence-corrected chi connectivity index (χ2v) is 7.10. The van der Waals surface area contributed by atoms with Crippen molar-refractivity contribution >= 4 is 13.3 Å². The first-order valence-corrected chi connectivity index (χ1v) is 8.53. The quantitative estimate of drug-likeness (QED) is 0.557. The molecule has 0 amide bonds. The average Bonchev–Trinajstić information content (AvgIpc) is 2.35. The minimum atomic E-state index is -3.00. The van der Waals surface area contributed by atoms with Crippen LogP contribution in [0.5, 0.6) is 0 Å². The fraction of sp³-hybridized carbons (Fsp3) is 0.500. The molecule has 4 nitrogen and oxygen atoms in total. The number of aryl methyl sites for hydroxylation is 1. The fourth-order valence-electron chi connectivity index (χ4n) is 1.96. The van der Waals surface area contributed by atoms with Crippen LogP contribution in [0.1, 0.15) is 25.3 Å². The highest BCUT2D eigenvalue weighted by atomic mass is 31.2. The molecule has 0 aromatic heterocycles. The molecule has 0 fully saturated rings. The van der Waals surface area contributed by atoms with E-state index in [-0.39, 0.29) is 6.16 Å². The maximum absolute atomic E-state index is 12.2. The van der Waals surface area contributed by atoms with Crippen LogP contribution in [0.15, 0.2) is 30.3 Å². The molecule has 0 heterocycles. The topological polar surface area (TPSA) is 63.6 Å². The average molecular weight is 284 g/mol. The first-order valence-electron chi connectivity index (χ1n) is 6.54. The Morgan fingerprint density at radius 2 is 1.95 bits per heavy atom. The van der Waals surface area contributed by atoms with Crippen LogP contribution in [-0.2, 0) is 20.3 Å². The van der Waals surface area contributed by atoms with Crippen LogP contribution < -0.4 is 0 Å². The van der Waals surface area contributed by atoms with Gasteiger partial charge in [0.15, 0.2) is 0 Å². The molecule has 0 aliphatic heterocycles. The molecule has 0 saturated heterocycles. The van der Waals surface area contributed by atoms with Crippen LogP contribution in [-0.4, -0.2) is 30.0 Å². The maximum Gasteiger partial charge on any atom is 0.313 e. The van der Waals surface area contributed by atoms with E-state index in [2.05, 4.69) is 12.1 Å². The fourth-order valence-corrected chi connectivity index (χ4v) is 3.92. The van der Waals surface area contributed by atoms with Gasteiger partial charge in [-0.3, -0.25) is 9.36 Å². The Kier molecular flexibility index (Phi) is 6.82. The lowest BCUT2D eigenvalue weighted by Gasteiger charge is -2.15. The number of rotatable bonds is 9. The molecule has 0 radical (unpaired) electrons. The maximum atomic E-state index is 12.2. The third-order valence-electron chi connectivity index (χ3n) is 2.80. The van der Waals surface area contributed by atoms with E-state index in [1.165, 1.54) is 5.56 Å². The van der Waals surface area contributed by atoms with E-state index in [9.17, 15) is 9.36 Å². The van der Waals surface area contributed by atoms with E-state index in [0.29, 0.717) is 12.8 Å². The molecule has 5 heteroatoms. The highest BCUT2D eigenvalue weighted by molar-refractivity contribution is 7.59. The Hall–Kier alpha value is -1.12. The second kappa shape index (κ2) is 8.13. The first-order chi connectivity index (χ1) is 9.06. The van der Waals surface area contributed by atoms with Crippen LogP contribution in [0.4, 0.5) is 0 Å². The molecular formula is C14H21O4P. The van der Waals surface area contributed by atoms with Gasteiger partial charge in [0.2, 0.25) is 7.37 Å². The molecule has 0 aliphatic rings. The normalized spacial score (nSPS) is 13.9. The van der Waals surface area contributed by atoms with Gasteiger partial charge in [-0.1, -0.05) is 30.3 Å². The summed E-state index contributed by atoms with van der Waals surface area (Å²) in [4.78, 5) is 10.7. The molecule has 0 spiro atoms. The van der Waals surface area contributed by atoms with Crippen molar-refractivity contribution in [2.45, 2.75) is 26.2 Å². The third-order valence-corrected chi connectivity index (χ3v) is 5.28. The molecule has 1 aromatic rings. The number of carboxylic acids is 1. The zero-order valence-electron chi connectivity index (χ0n) is 11.2. The van der Waals surface area contributed by atoms with Gasteiger partial charge in [-0.2, -0.15) is 0 Å². The molecule has 1 aromatic carbocycles. The molecule has 19 heavy (non-hydrogen) atoms. The van der Waals surface area contributed by atoms with Gasteiger partial charge >= 0.3 is 5.97 Å². The van der Waals surface area contributed by atoms with Crippen LogP contribution in [0, 0.1) is 0 Å². The largest absolute Gasteiger partial charge is 0.481 e. The predicted molar refractivity (Wildman–Crippen MR) is 76.0 cm³/mol. The van der Waals surface area contributed by atoms with Gasteiger partial charge in [-0.05, 0) is 31.7 Å². The summed E-state index contributed by atoms with van der Waals surface area (Å²) in [6.45, 7) is 2.03. The van der Waals surface area contributed by atoms with Gasteiger partial charge in [-0.25, -0.2) is 0 Å². The molecule has 106 valence electrons. The number of hydrogen-bond acceptors (Lipinski definition) is 3. The minimum absolute atomic E-state index is 0.295. The van der Waals surface area contributed by atoms with Crippen molar-refractivity contribution in [2.24, 2.45) is 0 Å². The molecule has 0 aliphatic carbocycles. The molecule has 1 N–H and O–H groups in total. The van der Waals surface area contributed by atoms with Crippen molar-refractivity contribution in [3.8, 4) is 0 Å². The first kappa shape index (κ1) is 15.9. The van der Waals surface area contributed by atoms with E-state index in [1.54, 1.807) is 6.92 Å². The lowest BCUT2D eigenvalue weighted by atomic mass is 10.1. The lowest BCUT2D eigenvalue weighted by Crippen LogP contribution is -2.09. The van der Waals surface area contributed by atoms with E-state index < -0.39 is 13.3 Å². The van der Waals surface area contributed by atoms with Crippen LogP contribution in [0.25, 0.3) is 0 Å². The standard InChI is InChI=1S/C14H21O4P/c1-2-18-19(17,12-14(15)16)11-7-6-10-13-8-4-3-5-9-13/h3-5,8-9H,2,6-7,10-12H2,1H3,(H,15,16). The summed E-state index contributed by atoms with van der Waals surface area (Å²) in [7, 11) is -3.00. The lowest BCUT2D eigenvalue weighted by molar-refractivity contribution is -0.134. The SMILES string of the molecule is CCOP(=O)(CCCCc1ccccc1)CC(=O)O.